The standard InChI is InChI=1S/C15H14BrFINO/c16-10-4-5-13(14(17)8-10)15(6-7-19)20-12-3-1-2-11(18)9-12/h1-5,8-9,15H,6-7,19H2. The average Bonchev–Trinajstić information content (AvgIpc) is 2.38. The maximum absolute atomic E-state index is 14.1. The monoisotopic (exact) mass is 449 g/mol. The van der Waals surface area contributed by atoms with Crippen molar-refractivity contribution in [3.8, 4) is 5.75 Å². The Morgan fingerprint density at radius 2 is 2.05 bits per heavy atom. The molecule has 2 nitrogen and oxygen atoms in total. The van der Waals surface area contributed by atoms with E-state index in [2.05, 4.69) is 38.5 Å². The van der Waals surface area contributed by atoms with Crippen LogP contribution in [-0.4, -0.2) is 6.54 Å². The lowest BCUT2D eigenvalue weighted by Gasteiger charge is -2.20. The van der Waals surface area contributed by atoms with Crippen LogP contribution in [0.1, 0.15) is 18.1 Å². The van der Waals surface area contributed by atoms with Gasteiger partial charge in [-0.3, -0.25) is 0 Å². The molecule has 2 rings (SSSR count). The van der Waals surface area contributed by atoms with Gasteiger partial charge in [-0.1, -0.05) is 28.1 Å². The zero-order valence-electron chi connectivity index (χ0n) is 10.7. The number of nitrogens with two attached hydrogens (primary N) is 1. The molecule has 0 spiro atoms. The molecule has 0 amide bonds. The Morgan fingerprint density at radius 1 is 1.25 bits per heavy atom. The van der Waals surface area contributed by atoms with Gasteiger partial charge in [0.25, 0.3) is 0 Å². The molecule has 0 fully saturated rings. The molecule has 0 aromatic heterocycles. The molecule has 0 saturated heterocycles. The van der Waals surface area contributed by atoms with E-state index in [-0.39, 0.29) is 11.9 Å². The maximum atomic E-state index is 14.1. The van der Waals surface area contributed by atoms with Gasteiger partial charge in [0.15, 0.2) is 0 Å². The fourth-order valence-corrected chi connectivity index (χ4v) is 2.74. The van der Waals surface area contributed by atoms with Crippen molar-refractivity contribution in [1.29, 1.82) is 0 Å². The van der Waals surface area contributed by atoms with Gasteiger partial charge in [-0.2, -0.15) is 0 Å². The molecule has 1 unspecified atom stereocenters. The van der Waals surface area contributed by atoms with Gasteiger partial charge in [0, 0.05) is 20.0 Å². The molecule has 1 atom stereocenters. The van der Waals surface area contributed by atoms with Crippen molar-refractivity contribution in [2.24, 2.45) is 5.73 Å². The lowest BCUT2D eigenvalue weighted by molar-refractivity contribution is 0.192. The van der Waals surface area contributed by atoms with Gasteiger partial charge < -0.3 is 10.5 Å². The summed E-state index contributed by atoms with van der Waals surface area (Å²) in [6.45, 7) is 0.435. The Balaban J connectivity index is 2.26. The summed E-state index contributed by atoms with van der Waals surface area (Å²) in [5.74, 6) is 0.432. The fraction of sp³-hybridized carbons (Fsp3) is 0.200. The quantitative estimate of drug-likeness (QED) is 0.673. The van der Waals surface area contributed by atoms with Crippen LogP contribution in [0.25, 0.3) is 0 Å². The van der Waals surface area contributed by atoms with Gasteiger partial charge in [-0.25, -0.2) is 4.39 Å². The summed E-state index contributed by atoms with van der Waals surface area (Å²) in [5.41, 5.74) is 6.14. The maximum Gasteiger partial charge on any atom is 0.131 e. The van der Waals surface area contributed by atoms with E-state index in [0.29, 0.717) is 23.0 Å². The molecule has 2 aromatic rings. The van der Waals surface area contributed by atoms with Crippen molar-refractivity contribution in [3.63, 3.8) is 0 Å². The molecular weight excluding hydrogens is 436 g/mol. The van der Waals surface area contributed by atoms with Crippen molar-refractivity contribution < 1.29 is 9.13 Å². The highest BCUT2D eigenvalue weighted by Crippen LogP contribution is 2.28. The summed E-state index contributed by atoms with van der Waals surface area (Å²) in [6.07, 6.45) is 0.176. The number of ether oxygens (including phenoxy) is 1. The first kappa shape index (κ1) is 15.7. The fourth-order valence-electron chi connectivity index (χ4n) is 1.90. The molecule has 0 aliphatic rings. The summed E-state index contributed by atoms with van der Waals surface area (Å²) in [4.78, 5) is 0. The van der Waals surface area contributed by atoms with Crippen molar-refractivity contribution in [1.82, 2.24) is 0 Å². The Bertz CT molecular complexity index is 594. The van der Waals surface area contributed by atoms with Gasteiger partial charge in [-0.05, 0) is 59.5 Å². The van der Waals surface area contributed by atoms with Gasteiger partial charge in [0.05, 0.1) is 0 Å². The Labute approximate surface area is 139 Å². The van der Waals surface area contributed by atoms with Crippen LogP contribution < -0.4 is 10.5 Å². The number of halogens is 3. The molecule has 0 aliphatic carbocycles. The zero-order valence-corrected chi connectivity index (χ0v) is 14.4. The molecular formula is C15H14BrFINO. The summed E-state index contributed by atoms with van der Waals surface area (Å²) >= 11 is 5.47. The third kappa shape index (κ3) is 4.17. The molecule has 2 N–H and O–H groups in total. The molecule has 0 saturated carbocycles. The largest absolute Gasteiger partial charge is 0.486 e. The molecule has 0 radical (unpaired) electrons. The van der Waals surface area contributed by atoms with Gasteiger partial charge in [-0.15, -0.1) is 0 Å². The third-order valence-corrected chi connectivity index (χ3v) is 3.98. The van der Waals surface area contributed by atoms with Crippen LogP contribution in [0, 0.1) is 9.39 Å². The predicted octanol–water partition coefficient (Wildman–Crippen LogP) is 4.66. The van der Waals surface area contributed by atoms with Gasteiger partial charge in [0.1, 0.15) is 17.7 Å². The Morgan fingerprint density at radius 3 is 2.70 bits per heavy atom. The van der Waals surface area contributed by atoms with Crippen LogP contribution in [0.2, 0.25) is 0 Å². The van der Waals surface area contributed by atoms with Crippen LogP contribution in [-0.2, 0) is 0 Å². The van der Waals surface area contributed by atoms with Crippen molar-refractivity contribution in [2.45, 2.75) is 12.5 Å². The highest BCUT2D eigenvalue weighted by atomic mass is 127. The minimum Gasteiger partial charge on any atom is -0.486 e. The highest BCUT2D eigenvalue weighted by molar-refractivity contribution is 14.1. The third-order valence-electron chi connectivity index (χ3n) is 2.81. The first-order valence-electron chi connectivity index (χ1n) is 6.17. The van der Waals surface area contributed by atoms with Gasteiger partial charge in [0.2, 0.25) is 0 Å². The first-order chi connectivity index (χ1) is 9.60. The second kappa shape index (κ2) is 7.38. The van der Waals surface area contributed by atoms with E-state index < -0.39 is 0 Å². The molecule has 0 aliphatic heterocycles. The molecule has 0 heterocycles. The van der Waals surface area contributed by atoms with Crippen LogP contribution in [0.4, 0.5) is 4.39 Å². The van der Waals surface area contributed by atoms with Crippen molar-refractivity contribution >= 4 is 38.5 Å². The highest BCUT2D eigenvalue weighted by Gasteiger charge is 2.17. The zero-order chi connectivity index (χ0) is 14.5. The van der Waals surface area contributed by atoms with Crippen LogP contribution >= 0.6 is 38.5 Å². The molecule has 2 aromatic carbocycles. The Hall–Kier alpha value is -0.660. The predicted molar refractivity (Wildman–Crippen MR) is 90.3 cm³/mol. The molecule has 106 valence electrons. The molecule has 5 heteroatoms. The Kier molecular flexibility index (Phi) is 5.80. The number of hydrogen-bond donors (Lipinski definition) is 1. The normalized spacial score (nSPS) is 12.2. The number of benzene rings is 2. The summed E-state index contributed by atoms with van der Waals surface area (Å²) in [6, 6.07) is 12.6. The molecule has 0 bridgehead atoms. The van der Waals surface area contributed by atoms with E-state index in [1.165, 1.54) is 6.07 Å². The minimum absolute atomic E-state index is 0.288. The first-order valence-corrected chi connectivity index (χ1v) is 8.04. The number of hydrogen-bond acceptors (Lipinski definition) is 2. The number of rotatable bonds is 5. The SMILES string of the molecule is NCCC(Oc1cccc(I)c1)c1ccc(Br)cc1F. The average molecular weight is 450 g/mol. The van der Waals surface area contributed by atoms with Crippen LogP contribution in [0.15, 0.2) is 46.9 Å². The van der Waals surface area contributed by atoms with Gasteiger partial charge >= 0.3 is 0 Å². The lowest BCUT2D eigenvalue weighted by Crippen LogP contribution is -2.14. The van der Waals surface area contributed by atoms with E-state index in [4.69, 9.17) is 10.5 Å². The van der Waals surface area contributed by atoms with Crippen molar-refractivity contribution in [3.05, 3.63) is 61.9 Å². The van der Waals surface area contributed by atoms with E-state index in [1.807, 2.05) is 24.3 Å². The van der Waals surface area contributed by atoms with Crippen LogP contribution in [0.5, 0.6) is 5.75 Å². The van der Waals surface area contributed by atoms with Crippen molar-refractivity contribution in [2.75, 3.05) is 6.54 Å². The van der Waals surface area contributed by atoms with Crippen LogP contribution in [0.3, 0.4) is 0 Å². The summed E-state index contributed by atoms with van der Waals surface area (Å²) in [5, 5.41) is 0. The summed E-state index contributed by atoms with van der Waals surface area (Å²) < 4.78 is 21.7. The molecule has 20 heavy (non-hydrogen) atoms. The minimum atomic E-state index is -0.383. The second-order valence-corrected chi connectivity index (χ2v) is 6.47. The van der Waals surface area contributed by atoms with E-state index >= 15 is 0 Å². The van der Waals surface area contributed by atoms with E-state index in [9.17, 15) is 4.39 Å². The topological polar surface area (TPSA) is 35.2 Å². The lowest BCUT2D eigenvalue weighted by atomic mass is 10.1. The second-order valence-electron chi connectivity index (χ2n) is 4.31. The smallest absolute Gasteiger partial charge is 0.131 e. The van der Waals surface area contributed by atoms with E-state index in [0.717, 1.165) is 9.32 Å². The van der Waals surface area contributed by atoms with E-state index in [1.54, 1.807) is 12.1 Å². The summed E-state index contributed by atoms with van der Waals surface area (Å²) in [7, 11) is 0.